The lowest BCUT2D eigenvalue weighted by Crippen LogP contribution is -2.50. The molecule has 2 N–H and O–H groups in total. The Morgan fingerprint density at radius 3 is 2.81 bits per heavy atom. The quantitative estimate of drug-likeness (QED) is 0.858. The van der Waals surface area contributed by atoms with Gasteiger partial charge in [0.05, 0.1) is 0 Å². The van der Waals surface area contributed by atoms with E-state index in [0.717, 1.165) is 31.4 Å². The molecule has 2 aliphatic heterocycles. The van der Waals surface area contributed by atoms with Crippen molar-refractivity contribution in [3.05, 3.63) is 29.8 Å². The Morgan fingerprint density at radius 2 is 2.00 bits per heavy atom. The third-order valence-electron chi connectivity index (χ3n) is 4.70. The summed E-state index contributed by atoms with van der Waals surface area (Å²) in [7, 11) is 0. The average molecular weight is 289 g/mol. The van der Waals surface area contributed by atoms with Gasteiger partial charge in [-0.05, 0) is 50.0 Å². The lowest BCUT2D eigenvalue weighted by atomic mass is 10.1. The van der Waals surface area contributed by atoms with Crippen LogP contribution in [0.5, 0.6) is 5.75 Å². The summed E-state index contributed by atoms with van der Waals surface area (Å²) in [6, 6.07) is 9.13. The first-order chi connectivity index (χ1) is 10.3. The minimum absolute atomic E-state index is 0.702. The van der Waals surface area contributed by atoms with Crippen molar-refractivity contribution in [3.63, 3.8) is 0 Å². The number of hydrogen-bond donors (Lipinski definition) is 1. The molecule has 4 nitrogen and oxygen atoms in total. The van der Waals surface area contributed by atoms with Crippen LogP contribution in [0.4, 0.5) is 0 Å². The molecule has 3 rings (SSSR count). The van der Waals surface area contributed by atoms with Crippen LogP contribution in [0.25, 0.3) is 0 Å². The summed E-state index contributed by atoms with van der Waals surface area (Å²) in [4.78, 5) is 5.20. The molecular weight excluding hydrogens is 262 g/mol. The van der Waals surface area contributed by atoms with Crippen LogP contribution in [0, 0.1) is 0 Å². The van der Waals surface area contributed by atoms with Crippen LogP contribution in [0.1, 0.15) is 18.4 Å². The first-order valence-electron chi connectivity index (χ1n) is 8.23. The molecule has 0 saturated carbocycles. The van der Waals surface area contributed by atoms with Crippen molar-refractivity contribution < 1.29 is 4.74 Å². The zero-order valence-corrected chi connectivity index (χ0v) is 12.8. The van der Waals surface area contributed by atoms with Crippen molar-refractivity contribution in [1.82, 2.24) is 9.80 Å². The van der Waals surface area contributed by atoms with Gasteiger partial charge >= 0.3 is 0 Å². The minimum Gasteiger partial charge on any atom is -0.492 e. The van der Waals surface area contributed by atoms with Gasteiger partial charge in [-0.1, -0.05) is 12.1 Å². The highest BCUT2D eigenvalue weighted by Gasteiger charge is 2.30. The standard InChI is InChI=1S/C17H27N3O/c18-8-7-15-3-5-17(6-4-15)21-13-12-19-10-11-20-9-1-2-16(20)14-19/h3-6,16H,1-2,7-14,18H2. The summed E-state index contributed by atoms with van der Waals surface area (Å²) >= 11 is 0. The van der Waals surface area contributed by atoms with E-state index in [0.29, 0.717) is 6.54 Å². The largest absolute Gasteiger partial charge is 0.492 e. The second-order valence-electron chi connectivity index (χ2n) is 6.16. The first-order valence-corrected chi connectivity index (χ1v) is 8.23. The van der Waals surface area contributed by atoms with E-state index in [9.17, 15) is 0 Å². The number of nitrogens with zero attached hydrogens (tertiary/aromatic N) is 2. The summed E-state index contributed by atoms with van der Waals surface area (Å²) in [5, 5.41) is 0. The van der Waals surface area contributed by atoms with E-state index in [4.69, 9.17) is 10.5 Å². The van der Waals surface area contributed by atoms with E-state index in [1.165, 1.54) is 44.6 Å². The molecule has 2 heterocycles. The predicted molar refractivity (Wildman–Crippen MR) is 85.7 cm³/mol. The molecule has 2 saturated heterocycles. The molecule has 4 heteroatoms. The van der Waals surface area contributed by atoms with Crippen LogP contribution in [-0.4, -0.2) is 61.7 Å². The summed E-state index contributed by atoms with van der Waals surface area (Å²) in [5.74, 6) is 0.968. The fraction of sp³-hybridized carbons (Fsp3) is 0.647. The molecule has 21 heavy (non-hydrogen) atoms. The molecule has 0 amide bonds. The summed E-state index contributed by atoms with van der Waals surface area (Å²) in [6.45, 7) is 7.47. The van der Waals surface area contributed by atoms with E-state index >= 15 is 0 Å². The topological polar surface area (TPSA) is 41.7 Å². The van der Waals surface area contributed by atoms with Gasteiger partial charge in [-0.15, -0.1) is 0 Å². The van der Waals surface area contributed by atoms with Crippen molar-refractivity contribution in [1.29, 1.82) is 0 Å². The second-order valence-corrected chi connectivity index (χ2v) is 6.16. The van der Waals surface area contributed by atoms with Crippen LogP contribution in [0.15, 0.2) is 24.3 Å². The average Bonchev–Trinajstić information content (AvgIpc) is 2.97. The molecule has 0 aliphatic carbocycles. The maximum Gasteiger partial charge on any atom is 0.119 e. The third kappa shape index (κ3) is 3.96. The van der Waals surface area contributed by atoms with Crippen molar-refractivity contribution >= 4 is 0 Å². The molecule has 1 atom stereocenters. The molecule has 116 valence electrons. The van der Waals surface area contributed by atoms with Crippen LogP contribution in [-0.2, 0) is 6.42 Å². The zero-order valence-electron chi connectivity index (χ0n) is 12.8. The maximum absolute atomic E-state index is 5.87. The van der Waals surface area contributed by atoms with E-state index in [1.807, 2.05) is 0 Å². The Balaban J connectivity index is 1.39. The zero-order chi connectivity index (χ0) is 14.5. The molecule has 1 unspecified atom stereocenters. The van der Waals surface area contributed by atoms with Crippen LogP contribution >= 0.6 is 0 Å². The molecular formula is C17H27N3O. The Hall–Kier alpha value is -1.10. The van der Waals surface area contributed by atoms with Crippen LogP contribution in [0.2, 0.25) is 0 Å². The van der Waals surface area contributed by atoms with Gasteiger partial charge < -0.3 is 10.5 Å². The maximum atomic E-state index is 5.87. The highest BCUT2D eigenvalue weighted by atomic mass is 16.5. The monoisotopic (exact) mass is 289 g/mol. The molecule has 2 fully saturated rings. The number of rotatable bonds is 6. The number of nitrogens with two attached hydrogens (primary N) is 1. The van der Waals surface area contributed by atoms with Gasteiger partial charge in [-0.2, -0.15) is 0 Å². The number of ether oxygens (including phenoxy) is 1. The Bertz CT molecular complexity index is 434. The van der Waals surface area contributed by atoms with E-state index < -0.39 is 0 Å². The van der Waals surface area contributed by atoms with Crippen molar-refractivity contribution in [3.8, 4) is 5.75 Å². The predicted octanol–water partition coefficient (Wildman–Crippen LogP) is 1.35. The molecule has 0 radical (unpaired) electrons. The van der Waals surface area contributed by atoms with Crippen molar-refractivity contribution in [2.75, 3.05) is 45.9 Å². The molecule has 1 aromatic rings. The fourth-order valence-corrected chi connectivity index (χ4v) is 3.47. The number of hydrogen-bond acceptors (Lipinski definition) is 4. The summed E-state index contributed by atoms with van der Waals surface area (Å²) in [6.07, 6.45) is 3.69. The Kier molecular flexibility index (Phi) is 5.12. The highest BCUT2D eigenvalue weighted by Crippen LogP contribution is 2.21. The normalized spacial score (nSPS) is 23.2. The van der Waals surface area contributed by atoms with Gasteiger partial charge in [-0.3, -0.25) is 9.80 Å². The van der Waals surface area contributed by atoms with Crippen molar-refractivity contribution in [2.24, 2.45) is 5.73 Å². The Morgan fingerprint density at radius 1 is 1.14 bits per heavy atom. The summed E-state index contributed by atoms with van der Waals surface area (Å²) < 4.78 is 5.87. The van der Waals surface area contributed by atoms with E-state index in [2.05, 4.69) is 34.1 Å². The van der Waals surface area contributed by atoms with Gasteiger partial charge in [0.15, 0.2) is 0 Å². The summed E-state index contributed by atoms with van der Waals surface area (Å²) in [5.41, 5.74) is 6.84. The molecule has 0 spiro atoms. The SMILES string of the molecule is NCCc1ccc(OCCN2CCN3CCCC3C2)cc1. The highest BCUT2D eigenvalue weighted by molar-refractivity contribution is 5.27. The number of piperazine rings is 1. The van der Waals surface area contributed by atoms with Gasteiger partial charge in [0.25, 0.3) is 0 Å². The lowest BCUT2D eigenvalue weighted by Gasteiger charge is -2.37. The van der Waals surface area contributed by atoms with Crippen molar-refractivity contribution in [2.45, 2.75) is 25.3 Å². The minimum atomic E-state index is 0.702. The molecule has 2 aliphatic rings. The third-order valence-corrected chi connectivity index (χ3v) is 4.70. The van der Waals surface area contributed by atoms with Gasteiger partial charge in [0.2, 0.25) is 0 Å². The van der Waals surface area contributed by atoms with E-state index in [1.54, 1.807) is 0 Å². The lowest BCUT2D eigenvalue weighted by molar-refractivity contribution is 0.0923. The van der Waals surface area contributed by atoms with E-state index in [-0.39, 0.29) is 0 Å². The molecule has 0 aromatic heterocycles. The van der Waals surface area contributed by atoms with Crippen LogP contribution in [0.3, 0.4) is 0 Å². The number of benzene rings is 1. The number of fused-ring (bicyclic) bond motifs is 1. The molecule has 1 aromatic carbocycles. The van der Waals surface area contributed by atoms with Gasteiger partial charge in [-0.25, -0.2) is 0 Å². The van der Waals surface area contributed by atoms with Gasteiger partial charge in [0.1, 0.15) is 12.4 Å². The smallest absolute Gasteiger partial charge is 0.119 e. The first kappa shape index (κ1) is 14.8. The fourth-order valence-electron chi connectivity index (χ4n) is 3.47. The van der Waals surface area contributed by atoms with Crippen LogP contribution < -0.4 is 10.5 Å². The van der Waals surface area contributed by atoms with Gasteiger partial charge in [0, 0.05) is 32.2 Å². The Labute approximate surface area is 127 Å². The molecule has 0 bridgehead atoms. The second kappa shape index (κ2) is 7.25.